The van der Waals surface area contributed by atoms with Crippen molar-refractivity contribution in [3.63, 3.8) is 0 Å². The first-order chi connectivity index (χ1) is 7.84. The van der Waals surface area contributed by atoms with E-state index in [1.165, 1.54) is 0 Å². The Morgan fingerprint density at radius 1 is 1.06 bits per heavy atom. The number of rotatable bonds is 1. The fourth-order valence-corrected chi connectivity index (χ4v) is 1.67. The Morgan fingerprint density at radius 3 is 2.62 bits per heavy atom. The highest BCUT2D eigenvalue weighted by molar-refractivity contribution is 5.77. The number of aromatic nitrogens is 3. The molecule has 0 spiro atoms. The van der Waals surface area contributed by atoms with Crippen LogP contribution in [-0.4, -0.2) is 14.5 Å². The zero-order valence-corrected chi connectivity index (χ0v) is 8.42. The quantitative estimate of drug-likeness (QED) is 0.666. The van der Waals surface area contributed by atoms with Crippen molar-refractivity contribution in [2.45, 2.75) is 0 Å². The molecule has 2 heterocycles. The van der Waals surface area contributed by atoms with E-state index in [1.54, 1.807) is 10.6 Å². The van der Waals surface area contributed by atoms with Crippen LogP contribution in [0.25, 0.3) is 16.9 Å². The highest BCUT2D eigenvalue weighted by atomic mass is 16.1. The Bertz CT molecular complexity index is 683. The molecule has 4 heteroatoms. The molecule has 0 amide bonds. The molecular weight excluding hydrogens is 202 g/mol. The molecule has 0 unspecified atom stereocenters. The van der Waals surface area contributed by atoms with E-state index in [0.29, 0.717) is 16.9 Å². The van der Waals surface area contributed by atoms with Crippen LogP contribution in [-0.2, 0) is 0 Å². The van der Waals surface area contributed by atoms with Crippen molar-refractivity contribution in [1.82, 2.24) is 14.5 Å². The molecule has 0 aliphatic carbocycles. The Labute approximate surface area is 91.2 Å². The second-order valence-electron chi connectivity index (χ2n) is 3.50. The summed E-state index contributed by atoms with van der Waals surface area (Å²) in [4.78, 5) is 18.9. The molecule has 78 valence electrons. The summed E-state index contributed by atoms with van der Waals surface area (Å²) in [6.07, 6.45) is 3.68. The summed E-state index contributed by atoms with van der Waals surface area (Å²) in [6, 6.07) is 11.1. The van der Waals surface area contributed by atoms with E-state index >= 15 is 0 Å². The smallest absolute Gasteiger partial charge is 0.260 e. The highest BCUT2D eigenvalue weighted by Crippen LogP contribution is 2.07. The van der Waals surface area contributed by atoms with E-state index in [2.05, 4.69) is 9.97 Å². The third kappa shape index (κ3) is 1.32. The molecule has 0 fully saturated rings. The summed E-state index contributed by atoms with van der Waals surface area (Å²) in [5.74, 6) is 0.536. The van der Waals surface area contributed by atoms with E-state index in [9.17, 15) is 4.79 Å². The summed E-state index contributed by atoms with van der Waals surface area (Å²) in [5.41, 5.74) is 0.587. The van der Waals surface area contributed by atoms with E-state index in [0.717, 1.165) is 0 Å². The number of nitrogens with zero attached hydrogens (tertiary/aromatic N) is 2. The van der Waals surface area contributed by atoms with Crippen LogP contribution < -0.4 is 5.56 Å². The van der Waals surface area contributed by atoms with E-state index in [4.69, 9.17) is 0 Å². The monoisotopic (exact) mass is 211 g/mol. The van der Waals surface area contributed by atoms with Gasteiger partial charge in [0.2, 0.25) is 5.95 Å². The molecular formula is C12H9N3O. The number of aromatic amines is 1. The van der Waals surface area contributed by atoms with Crippen LogP contribution >= 0.6 is 0 Å². The van der Waals surface area contributed by atoms with E-state index in [-0.39, 0.29) is 5.56 Å². The maximum Gasteiger partial charge on any atom is 0.260 e. The van der Waals surface area contributed by atoms with Gasteiger partial charge in [-0.2, -0.15) is 0 Å². The summed E-state index contributed by atoms with van der Waals surface area (Å²) in [6.45, 7) is 0. The minimum absolute atomic E-state index is 0.116. The number of hydrogen-bond donors (Lipinski definition) is 1. The predicted octanol–water partition coefficient (Wildman–Crippen LogP) is 1.71. The SMILES string of the molecule is O=c1[nH]c(-n2cccc2)nc2ccccc12. The third-order valence-electron chi connectivity index (χ3n) is 2.45. The molecule has 3 aromatic rings. The van der Waals surface area contributed by atoms with Crippen LogP contribution in [0.15, 0.2) is 53.6 Å². The van der Waals surface area contributed by atoms with Gasteiger partial charge in [-0.05, 0) is 24.3 Å². The average Bonchev–Trinajstić information content (AvgIpc) is 2.82. The molecule has 0 radical (unpaired) electrons. The van der Waals surface area contributed by atoms with Crippen molar-refractivity contribution in [1.29, 1.82) is 0 Å². The fraction of sp³-hybridized carbons (Fsp3) is 0. The zero-order chi connectivity index (χ0) is 11.0. The van der Waals surface area contributed by atoms with Crippen LogP contribution in [0.2, 0.25) is 0 Å². The van der Waals surface area contributed by atoms with Gasteiger partial charge in [-0.15, -0.1) is 0 Å². The van der Waals surface area contributed by atoms with Crippen molar-refractivity contribution in [3.05, 3.63) is 59.1 Å². The van der Waals surface area contributed by atoms with Gasteiger partial charge in [0.25, 0.3) is 5.56 Å². The van der Waals surface area contributed by atoms with Gasteiger partial charge in [0.05, 0.1) is 10.9 Å². The predicted molar refractivity (Wildman–Crippen MR) is 61.7 cm³/mol. The molecule has 0 atom stereocenters. The number of nitrogens with one attached hydrogen (secondary N) is 1. The molecule has 4 nitrogen and oxygen atoms in total. The Morgan fingerprint density at radius 2 is 1.81 bits per heavy atom. The first-order valence-corrected chi connectivity index (χ1v) is 4.97. The van der Waals surface area contributed by atoms with Crippen LogP contribution in [0.1, 0.15) is 0 Å². The van der Waals surface area contributed by atoms with Gasteiger partial charge >= 0.3 is 0 Å². The van der Waals surface area contributed by atoms with Crippen molar-refractivity contribution in [2.24, 2.45) is 0 Å². The number of H-pyrrole nitrogens is 1. The summed E-state index contributed by atoms with van der Waals surface area (Å²) in [7, 11) is 0. The van der Waals surface area contributed by atoms with Crippen LogP contribution in [0.3, 0.4) is 0 Å². The third-order valence-corrected chi connectivity index (χ3v) is 2.45. The molecule has 0 saturated carbocycles. The molecule has 3 rings (SSSR count). The molecule has 0 aliphatic rings. The maximum atomic E-state index is 11.8. The number of benzene rings is 1. The van der Waals surface area contributed by atoms with Gasteiger partial charge in [0.1, 0.15) is 0 Å². The van der Waals surface area contributed by atoms with E-state index in [1.807, 2.05) is 42.7 Å². The van der Waals surface area contributed by atoms with Gasteiger partial charge in [0.15, 0.2) is 0 Å². The molecule has 1 N–H and O–H groups in total. The van der Waals surface area contributed by atoms with Crippen molar-refractivity contribution in [3.8, 4) is 5.95 Å². The molecule has 2 aromatic heterocycles. The number of fused-ring (bicyclic) bond motifs is 1. The summed E-state index contributed by atoms with van der Waals surface area (Å²) >= 11 is 0. The Balaban J connectivity index is 2.34. The normalized spacial score (nSPS) is 10.8. The lowest BCUT2D eigenvalue weighted by Gasteiger charge is -2.02. The lowest BCUT2D eigenvalue weighted by Crippen LogP contribution is -2.12. The molecule has 0 bridgehead atoms. The Kier molecular flexibility index (Phi) is 1.86. The standard InChI is InChI=1S/C12H9N3O/c16-11-9-5-1-2-6-10(9)13-12(14-11)15-7-3-4-8-15/h1-8H,(H,13,14,16). The lowest BCUT2D eigenvalue weighted by atomic mass is 10.2. The minimum atomic E-state index is -0.116. The van der Waals surface area contributed by atoms with Crippen LogP contribution in [0, 0.1) is 0 Å². The van der Waals surface area contributed by atoms with Crippen LogP contribution in [0.5, 0.6) is 0 Å². The van der Waals surface area contributed by atoms with Gasteiger partial charge < -0.3 is 0 Å². The lowest BCUT2D eigenvalue weighted by molar-refractivity contribution is 0.939. The second kappa shape index (κ2) is 3.34. The van der Waals surface area contributed by atoms with Gasteiger partial charge in [0, 0.05) is 12.4 Å². The zero-order valence-electron chi connectivity index (χ0n) is 8.42. The molecule has 16 heavy (non-hydrogen) atoms. The van der Waals surface area contributed by atoms with Gasteiger partial charge in [-0.25, -0.2) is 4.98 Å². The van der Waals surface area contributed by atoms with Crippen molar-refractivity contribution >= 4 is 10.9 Å². The Hall–Kier alpha value is -2.36. The number of hydrogen-bond acceptors (Lipinski definition) is 2. The van der Waals surface area contributed by atoms with Crippen LogP contribution in [0.4, 0.5) is 0 Å². The molecule has 0 aliphatic heterocycles. The first kappa shape index (κ1) is 8.91. The van der Waals surface area contributed by atoms with Crippen molar-refractivity contribution in [2.75, 3.05) is 0 Å². The number of para-hydroxylation sites is 1. The van der Waals surface area contributed by atoms with Gasteiger partial charge in [-0.1, -0.05) is 12.1 Å². The van der Waals surface area contributed by atoms with E-state index < -0.39 is 0 Å². The summed E-state index contributed by atoms with van der Waals surface area (Å²) < 4.78 is 1.77. The van der Waals surface area contributed by atoms with Gasteiger partial charge in [-0.3, -0.25) is 14.3 Å². The average molecular weight is 211 g/mol. The van der Waals surface area contributed by atoms with Crippen molar-refractivity contribution < 1.29 is 0 Å². The second-order valence-corrected chi connectivity index (χ2v) is 3.50. The topological polar surface area (TPSA) is 50.7 Å². The largest absolute Gasteiger partial charge is 0.294 e. The maximum absolute atomic E-state index is 11.8. The molecule has 1 aromatic carbocycles. The highest BCUT2D eigenvalue weighted by Gasteiger charge is 2.03. The fourth-order valence-electron chi connectivity index (χ4n) is 1.67. The first-order valence-electron chi connectivity index (χ1n) is 4.97. The minimum Gasteiger partial charge on any atom is -0.294 e. The molecule has 0 saturated heterocycles. The summed E-state index contributed by atoms with van der Waals surface area (Å²) in [5, 5.41) is 0.610.